The van der Waals surface area contributed by atoms with Crippen LogP contribution >= 0.6 is 11.8 Å². The molecule has 0 aliphatic heterocycles. The van der Waals surface area contributed by atoms with Crippen LogP contribution in [0.1, 0.15) is 20.3 Å². The van der Waals surface area contributed by atoms with Crippen molar-refractivity contribution in [1.82, 2.24) is 19.7 Å². The minimum atomic E-state index is -0.308. The number of nitriles is 1. The van der Waals surface area contributed by atoms with Gasteiger partial charge in [-0.2, -0.15) is 5.26 Å². The second-order valence-electron chi connectivity index (χ2n) is 5.71. The number of thioether (sulfide) groups is 1. The zero-order chi connectivity index (χ0) is 19.1. The zero-order valence-electron chi connectivity index (χ0n) is 15.5. The molecule has 1 aromatic heterocycles. The van der Waals surface area contributed by atoms with Crippen LogP contribution in [-0.4, -0.2) is 51.5 Å². The quantitative estimate of drug-likeness (QED) is 0.662. The van der Waals surface area contributed by atoms with Crippen molar-refractivity contribution in [2.45, 2.75) is 37.2 Å². The summed E-state index contributed by atoms with van der Waals surface area (Å²) in [5.41, 5.74) is 0.942. The molecule has 0 spiro atoms. The van der Waals surface area contributed by atoms with Gasteiger partial charge in [-0.1, -0.05) is 11.8 Å². The first-order valence-electron chi connectivity index (χ1n) is 8.38. The van der Waals surface area contributed by atoms with Gasteiger partial charge in [0.15, 0.2) is 11.0 Å². The Morgan fingerprint density at radius 1 is 1.38 bits per heavy atom. The molecule has 1 amide bonds. The van der Waals surface area contributed by atoms with E-state index in [1.54, 1.807) is 19.1 Å². The molecule has 1 heterocycles. The molecule has 7 nitrogen and oxygen atoms in total. The zero-order valence-corrected chi connectivity index (χ0v) is 16.3. The highest BCUT2D eigenvalue weighted by Crippen LogP contribution is 2.28. The van der Waals surface area contributed by atoms with E-state index in [1.165, 1.54) is 11.8 Å². The number of carbonyl (C=O) groups excluding carboxylic acids is 1. The lowest BCUT2D eigenvalue weighted by molar-refractivity contribution is -0.128. The highest BCUT2D eigenvalue weighted by Gasteiger charge is 2.22. The van der Waals surface area contributed by atoms with Crippen LogP contribution in [-0.2, 0) is 11.3 Å². The van der Waals surface area contributed by atoms with Gasteiger partial charge in [-0.05, 0) is 38.1 Å². The van der Waals surface area contributed by atoms with Gasteiger partial charge in [0.25, 0.3) is 0 Å². The summed E-state index contributed by atoms with van der Waals surface area (Å²) in [6.45, 7) is 4.99. The summed E-state index contributed by atoms with van der Waals surface area (Å²) >= 11 is 1.38. The Labute approximate surface area is 158 Å². The van der Waals surface area contributed by atoms with Crippen LogP contribution in [0.5, 0.6) is 5.75 Å². The van der Waals surface area contributed by atoms with Crippen molar-refractivity contribution in [2.75, 3.05) is 20.7 Å². The van der Waals surface area contributed by atoms with Gasteiger partial charge in [-0.15, -0.1) is 10.2 Å². The lowest BCUT2D eigenvalue weighted by atomic mass is 10.2. The van der Waals surface area contributed by atoms with Gasteiger partial charge in [-0.25, -0.2) is 0 Å². The van der Waals surface area contributed by atoms with Gasteiger partial charge in [0, 0.05) is 25.7 Å². The van der Waals surface area contributed by atoms with E-state index >= 15 is 0 Å². The Bertz CT molecular complexity index is 782. The molecule has 0 saturated heterocycles. The van der Waals surface area contributed by atoms with E-state index in [4.69, 9.17) is 10.00 Å². The third-order valence-electron chi connectivity index (χ3n) is 3.95. The molecule has 8 heteroatoms. The molecule has 0 unspecified atom stereocenters. The van der Waals surface area contributed by atoms with E-state index < -0.39 is 0 Å². The number of nitrogens with zero attached hydrogens (tertiary/aromatic N) is 5. The maximum absolute atomic E-state index is 12.4. The predicted octanol–water partition coefficient (Wildman–Crippen LogP) is 2.83. The van der Waals surface area contributed by atoms with Crippen LogP contribution < -0.4 is 4.74 Å². The molecule has 26 heavy (non-hydrogen) atoms. The Balaban J connectivity index is 2.16. The van der Waals surface area contributed by atoms with Gasteiger partial charge in [0.05, 0.1) is 24.8 Å². The second kappa shape index (κ2) is 9.25. The average molecular weight is 373 g/mol. The van der Waals surface area contributed by atoms with Gasteiger partial charge in [-0.3, -0.25) is 4.79 Å². The molecule has 0 N–H and O–H groups in total. The van der Waals surface area contributed by atoms with E-state index in [0.29, 0.717) is 24.7 Å². The Morgan fingerprint density at radius 3 is 2.65 bits per heavy atom. The molecule has 0 saturated carbocycles. The number of rotatable bonds is 8. The number of aromatic nitrogens is 3. The second-order valence-corrected chi connectivity index (χ2v) is 7.01. The fourth-order valence-electron chi connectivity index (χ4n) is 2.46. The summed E-state index contributed by atoms with van der Waals surface area (Å²) in [5.74, 6) is 1.52. The van der Waals surface area contributed by atoms with E-state index in [0.717, 1.165) is 17.1 Å². The van der Waals surface area contributed by atoms with Crippen molar-refractivity contribution in [2.24, 2.45) is 0 Å². The highest BCUT2D eigenvalue weighted by atomic mass is 32.2. The Morgan fingerprint density at radius 2 is 2.08 bits per heavy atom. The van der Waals surface area contributed by atoms with Crippen molar-refractivity contribution in [3.8, 4) is 23.2 Å². The molecular weight excluding hydrogens is 350 g/mol. The summed E-state index contributed by atoms with van der Waals surface area (Å²) in [7, 11) is 3.34. The first kappa shape index (κ1) is 19.8. The number of benzene rings is 1. The molecular formula is C18H23N5O2S. The number of carbonyl (C=O) groups is 1. The van der Waals surface area contributed by atoms with Gasteiger partial charge in [0.1, 0.15) is 5.75 Å². The predicted molar refractivity (Wildman–Crippen MR) is 101 cm³/mol. The average Bonchev–Trinajstić information content (AvgIpc) is 3.07. The molecule has 2 rings (SSSR count). The standard InChI is InChI=1S/C18H23N5O2S/c1-5-23-16(14-7-9-15(25-4)10-8-14)20-21-18(23)26-13(2)17(24)22(3)12-6-11-19/h7-10,13H,5-6,12H2,1-4H3/t13-/m0/s1. The van der Waals surface area contributed by atoms with Crippen molar-refractivity contribution in [3.63, 3.8) is 0 Å². The summed E-state index contributed by atoms with van der Waals surface area (Å²) in [5, 5.41) is 17.6. The maximum Gasteiger partial charge on any atom is 0.235 e. The van der Waals surface area contributed by atoms with Crippen LogP contribution in [0.15, 0.2) is 29.4 Å². The van der Waals surface area contributed by atoms with Crippen LogP contribution in [0.25, 0.3) is 11.4 Å². The first-order valence-corrected chi connectivity index (χ1v) is 9.26. The summed E-state index contributed by atoms with van der Waals surface area (Å²) in [4.78, 5) is 14.0. The van der Waals surface area contributed by atoms with Gasteiger partial charge in [0.2, 0.25) is 5.91 Å². The fraction of sp³-hybridized carbons (Fsp3) is 0.444. The van der Waals surface area contributed by atoms with Crippen molar-refractivity contribution in [3.05, 3.63) is 24.3 Å². The van der Waals surface area contributed by atoms with E-state index in [9.17, 15) is 4.79 Å². The maximum atomic E-state index is 12.4. The highest BCUT2D eigenvalue weighted by molar-refractivity contribution is 8.00. The third kappa shape index (κ3) is 4.55. The van der Waals surface area contributed by atoms with Crippen LogP contribution in [0, 0.1) is 11.3 Å². The van der Waals surface area contributed by atoms with Crippen LogP contribution in [0.2, 0.25) is 0 Å². The molecule has 0 aliphatic rings. The molecule has 0 fully saturated rings. The number of hydrogen-bond donors (Lipinski definition) is 0. The third-order valence-corrected chi connectivity index (χ3v) is 5.01. The van der Waals surface area contributed by atoms with Crippen molar-refractivity contribution < 1.29 is 9.53 Å². The van der Waals surface area contributed by atoms with Crippen LogP contribution in [0.4, 0.5) is 0 Å². The van der Waals surface area contributed by atoms with Crippen LogP contribution in [0.3, 0.4) is 0 Å². The largest absolute Gasteiger partial charge is 0.497 e. The van der Waals surface area contributed by atoms with E-state index in [1.807, 2.05) is 42.7 Å². The van der Waals surface area contributed by atoms with Crippen molar-refractivity contribution in [1.29, 1.82) is 5.26 Å². The minimum Gasteiger partial charge on any atom is -0.497 e. The Hall–Kier alpha value is -2.53. The number of methoxy groups -OCH3 is 1. The molecule has 2 aromatic rings. The number of hydrogen-bond acceptors (Lipinski definition) is 6. The van der Waals surface area contributed by atoms with E-state index in [2.05, 4.69) is 16.3 Å². The first-order chi connectivity index (χ1) is 12.5. The molecule has 1 aromatic carbocycles. The summed E-state index contributed by atoms with van der Waals surface area (Å²) in [6, 6.07) is 9.69. The summed E-state index contributed by atoms with van der Waals surface area (Å²) < 4.78 is 7.18. The summed E-state index contributed by atoms with van der Waals surface area (Å²) in [6.07, 6.45) is 0.326. The van der Waals surface area contributed by atoms with E-state index in [-0.39, 0.29) is 11.2 Å². The van der Waals surface area contributed by atoms with Crippen molar-refractivity contribution >= 4 is 17.7 Å². The monoisotopic (exact) mass is 373 g/mol. The SMILES string of the molecule is CCn1c(S[C@@H](C)C(=O)N(C)CCC#N)nnc1-c1ccc(OC)cc1. The number of amides is 1. The molecule has 0 aliphatic carbocycles. The van der Waals surface area contributed by atoms with Gasteiger partial charge < -0.3 is 14.2 Å². The lowest BCUT2D eigenvalue weighted by Gasteiger charge is -2.19. The fourth-order valence-corrected chi connectivity index (χ4v) is 3.49. The minimum absolute atomic E-state index is 0.0260. The molecule has 1 atom stereocenters. The lowest BCUT2D eigenvalue weighted by Crippen LogP contribution is -2.34. The van der Waals surface area contributed by atoms with Gasteiger partial charge >= 0.3 is 0 Å². The molecule has 138 valence electrons. The normalized spacial score (nSPS) is 11.7. The topological polar surface area (TPSA) is 84.0 Å². The molecule has 0 bridgehead atoms. The Kier molecular flexibility index (Phi) is 7.04. The number of ether oxygens (including phenoxy) is 1. The molecule has 0 radical (unpaired) electrons. The smallest absolute Gasteiger partial charge is 0.235 e.